The van der Waals surface area contributed by atoms with Crippen LogP contribution in [0.25, 0.3) is 17.0 Å². The third-order valence-corrected chi connectivity index (χ3v) is 3.76. The predicted octanol–water partition coefficient (Wildman–Crippen LogP) is 3.68. The molecule has 1 N–H and O–H groups in total. The molecule has 2 aromatic carbocycles. The standard InChI is InChI=1S/C18H13F2N5/c19-13-7-5-12(6-8-13)11-21-16-9-10-17-22-23-18(25(17)24-16)14-3-1-2-4-15(14)20/h1-10H,11H2,(H,21,24). The first-order valence-corrected chi connectivity index (χ1v) is 7.66. The summed E-state index contributed by atoms with van der Waals surface area (Å²) in [6.45, 7) is 0.482. The van der Waals surface area contributed by atoms with E-state index in [4.69, 9.17) is 0 Å². The highest BCUT2D eigenvalue weighted by molar-refractivity contribution is 5.60. The van der Waals surface area contributed by atoms with E-state index in [0.717, 1.165) is 5.56 Å². The first kappa shape index (κ1) is 15.2. The third kappa shape index (κ3) is 3.03. The third-order valence-electron chi connectivity index (χ3n) is 3.76. The van der Waals surface area contributed by atoms with Crippen molar-refractivity contribution in [2.24, 2.45) is 0 Å². The fraction of sp³-hybridized carbons (Fsp3) is 0.0556. The minimum absolute atomic E-state index is 0.276. The molecule has 0 unspecified atom stereocenters. The number of nitrogens with one attached hydrogen (secondary N) is 1. The average molecular weight is 337 g/mol. The van der Waals surface area contributed by atoms with Crippen LogP contribution < -0.4 is 5.32 Å². The number of nitrogens with zero attached hydrogens (tertiary/aromatic N) is 4. The summed E-state index contributed by atoms with van der Waals surface area (Å²) in [5, 5.41) is 15.6. The topological polar surface area (TPSA) is 55.1 Å². The molecule has 0 aliphatic heterocycles. The molecule has 25 heavy (non-hydrogen) atoms. The number of aromatic nitrogens is 4. The fourth-order valence-electron chi connectivity index (χ4n) is 2.49. The van der Waals surface area contributed by atoms with Crippen molar-refractivity contribution in [1.29, 1.82) is 0 Å². The van der Waals surface area contributed by atoms with Crippen molar-refractivity contribution in [3.8, 4) is 11.4 Å². The highest BCUT2D eigenvalue weighted by Crippen LogP contribution is 2.21. The van der Waals surface area contributed by atoms with E-state index in [9.17, 15) is 8.78 Å². The summed E-state index contributed by atoms with van der Waals surface area (Å²) < 4.78 is 28.5. The molecule has 0 aliphatic carbocycles. The van der Waals surface area contributed by atoms with E-state index in [1.807, 2.05) is 0 Å². The molecule has 5 nitrogen and oxygen atoms in total. The summed E-state index contributed by atoms with van der Waals surface area (Å²) in [6.07, 6.45) is 0. The number of halogens is 2. The molecule has 0 spiro atoms. The number of hydrogen-bond donors (Lipinski definition) is 1. The van der Waals surface area contributed by atoms with Crippen molar-refractivity contribution in [3.63, 3.8) is 0 Å². The molecule has 0 saturated heterocycles. The Hall–Kier alpha value is -3.35. The smallest absolute Gasteiger partial charge is 0.188 e. The fourth-order valence-corrected chi connectivity index (χ4v) is 2.49. The van der Waals surface area contributed by atoms with Crippen LogP contribution in [0.5, 0.6) is 0 Å². The van der Waals surface area contributed by atoms with Crippen LogP contribution in [0.15, 0.2) is 60.7 Å². The van der Waals surface area contributed by atoms with Crippen LogP contribution in [0.4, 0.5) is 14.6 Å². The van der Waals surface area contributed by atoms with Gasteiger partial charge in [0.05, 0.1) is 5.56 Å². The van der Waals surface area contributed by atoms with Crippen LogP contribution in [0, 0.1) is 11.6 Å². The van der Waals surface area contributed by atoms with E-state index in [1.54, 1.807) is 42.5 Å². The molecular formula is C18H13F2N5. The van der Waals surface area contributed by atoms with Crippen molar-refractivity contribution < 1.29 is 8.78 Å². The van der Waals surface area contributed by atoms with E-state index < -0.39 is 0 Å². The van der Waals surface area contributed by atoms with Crippen molar-refractivity contribution in [2.45, 2.75) is 6.54 Å². The van der Waals surface area contributed by atoms with E-state index >= 15 is 0 Å². The number of benzene rings is 2. The summed E-state index contributed by atoms with van der Waals surface area (Å²) in [5.41, 5.74) is 1.77. The summed E-state index contributed by atoms with van der Waals surface area (Å²) in [5.74, 6) is 0.248. The lowest BCUT2D eigenvalue weighted by Crippen LogP contribution is -2.05. The minimum Gasteiger partial charge on any atom is -0.365 e. The Bertz CT molecular complexity index is 1030. The molecule has 2 aromatic heterocycles. The molecule has 0 radical (unpaired) electrons. The Morgan fingerprint density at radius 2 is 1.68 bits per heavy atom. The van der Waals surface area contributed by atoms with Gasteiger partial charge < -0.3 is 5.32 Å². The Balaban J connectivity index is 1.64. The van der Waals surface area contributed by atoms with Gasteiger partial charge in [0.1, 0.15) is 17.5 Å². The lowest BCUT2D eigenvalue weighted by molar-refractivity contribution is 0.627. The van der Waals surface area contributed by atoms with Crippen molar-refractivity contribution in [3.05, 3.63) is 77.9 Å². The minimum atomic E-state index is -0.386. The maximum atomic E-state index is 14.0. The molecule has 0 saturated carbocycles. The maximum Gasteiger partial charge on any atom is 0.188 e. The molecule has 0 fully saturated rings. The van der Waals surface area contributed by atoms with Gasteiger partial charge in [-0.3, -0.25) is 0 Å². The molecule has 124 valence electrons. The molecule has 4 aromatic rings. The Kier molecular flexibility index (Phi) is 3.81. The van der Waals surface area contributed by atoms with E-state index in [-0.39, 0.29) is 11.6 Å². The lowest BCUT2D eigenvalue weighted by Gasteiger charge is -2.07. The molecule has 0 amide bonds. The van der Waals surface area contributed by atoms with Gasteiger partial charge in [-0.25, -0.2) is 8.78 Å². The van der Waals surface area contributed by atoms with Crippen LogP contribution in [0.3, 0.4) is 0 Å². The summed E-state index contributed by atoms with van der Waals surface area (Å²) in [6, 6.07) is 16.1. The van der Waals surface area contributed by atoms with Crippen LogP contribution in [0.2, 0.25) is 0 Å². The second-order valence-electron chi connectivity index (χ2n) is 5.47. The zero-order valence-electron chi connectivity index (χ0n) is 13.0. The van der Waals surface area contributed by atoms with Gasteiger partial charge in [0.15, 0.2) is 11.5 Å². The number of hydrogen-bond acceptors (Lipinski definition) is 4. The highest BCUT2D eigenvalue weighted by Gasteiger charge is 2.13. The van der Waals surface area contributed by atoms with Gasteiger partial charge in [-0.05, 0) is 42.0 Å². The first-order chi connectivity index (χ1) is 12.2. The summed E-state index contributed by atoms with van der Waals surface area (Å²) >= 11 is 0. The largest absolute Gasteiger partial charge is 0.365 e. The highest BCUT2D eigenvalue weighted by atomic mass is 19.1. The van der Waals surface area contributed by atoms with Gasteiger partial charge in [-0.1, -0.05) is 24.3 Å². The Morgan fingerprint density at radius 1 is 0.880 bits per heavy atom. The molecule has 7 heteroatoms. The van der Waals surface area contributed by atoms with Crippen LogP contribution in [-0.4, -0.2) is 19.8 Å². The molecule has 2 heterocycles. The monoisotopic (exact) mass is 337 g/mol. The maximum absolute atomic E-state index is 14.0. The van der Waals surface area contributed by atoms with Crippen molar-refractivity contribution in [2.75, 3.05) is 5.32 Å². The van der Waals surface area contributed by atoms with Crippen LogP contribution >= 0.6 is 0 Å². The zero-order valence-corrected chi connectivity index (χ0v) is 13.0. The van der Waals surface area contributed by atoms with Gasteiger partial charge in [0.25, 0.3) is 0 Å². The van der Waals surface area contributed by atoms with Gasteiger partial charge in [-0.15, -0.1) is 15.3 Å². The molecular weight excluding hydrogens is 324 g/mol. The Labute approximate surface area is 142 Å². The summed E-state index contributed by atoms with van der Waals surface area (Å²) in [7, 11) is 0. The lowest BCUT2D eigenvalue weighted by atomic mass is 10.2. The second-order valence-corrected chi connectivity index (χ2v) is 5.47. The summed E-state index contributed by atoms with van der Waals surface area (Å²) in [4.78, 5) is 0. The Morgan fingerprint density at radius 3 is 2.48 bits per heavy atom. The van der Waals surface area contributed by atoms with Crippen LogP contribution in [-0.2, 0) is 6.54 Å². The zero-order chi connectivity index (χ0) is 17.2. The van der Waals surface area contributed by atoms with E-state index in [2.05, 4.69) is 20.6 Å². The van der Waals surface area contributed by atoms with E-state index in [1.165, 1.54) is 22.7 Å². The van der Waals surface area contributed by atoms with Gasteiger partial charge in [0, 0.05) is 6.54 Å². The van der Waals surface area contributed by atoms with Crippen molar-refractivity contribution in [1.82, 2.24) is 19.8 Å². The van der Waals surface area contributed by atoms with Crippen molar-refractivity contribution >= 4 is 11.5 Å². The first-order valence-electron chi connectivity index (χ1n) is 7.66. The second kappa shape index (κ2) is 6.27. The molecule has 4 rings (SSSR count). The molecule has 0 bridgehead atoms. The molecule has 0 atom stereocenters. The normalized spacial score (nSPS) is 11.0. The van der Waals surface area contributed by atoms with Gasteiger partial charge in [0.2, 0.25) is 0 Å². The van der Waals surface area contributed by atoms with Gasteiger partial charge >= 0.3 is 0 Å². The number of fused-ring (bicyclic) bond motifs is 1. The molecule has 0 aliphatic rings. The SMILES string of the molecule is Fc1ccc(CNc2ccc3nnc(-c4ccccc4F)n3n2)cc1. The number of anilines is 1. The van der Waals surface area contributed by atoms with E-state index in [0.29, 0.717) is 29.4 Å². The average Bonchev–Trinajstić information content (AvgIpc) is 3.05. The predicted molar refractivity (Wildman–Crippen MR) is 89.9 cm³/mol. The van der Waals surface area contributed by atoms with Crippen LogP contribution in [0.1, 0.15) is 5.56 Å². The number of rotatable bonds is 4. The van der Waals surface area contributed by atoms with Gasteiger partial charge in [-0.2, -0.15) is 4.52 Å². The quantitative estimate of drug-likeness (QED) is 0.617.